The van der Waals surface area contributed by atoms with Crippen molar-refractivity contribution in [2.24, 2.45) is 0 Å². The van der Waals surface area contributed by atoms with Gasteiger partial charge in [-0.3, -0.25) is 0 Å². The van der Waals surface area contributed by atoms with Crippen molar-refractivity contribution in [2.45, 2.75) is 29.1 Å². The molecule has 2 unspecified atom stereocenters. The molecule has 2 aliphatic rings. The van der Waals surface area contributed by atoms with Gasteiger partial charge in [0.1, 0.15) is 0 Å². The second-order valence-electron chi connectivity index (χ2n) is 11.4. The van der Waals surface area contributed by atoms with E-state index in [1.807, 2.05) is 0 Å². The Kier molecular flexibility index (Phi) is 6.21. The van der Waals surface area contributed by atoms with Crippen LogP contribution in [0.4, 0.5) is 0 Å². The summed E-state index contributed by atoms with van der Waals surface area (Å²) in [6.45, 7) is 4.86. The maximum atomic E-state index is 2.43. The summed E-state index contributed by atoms with van der Waals surface area (Å²) in [5, 5.41) is 8.95. The summed E-state index contributed by atoms with van der Waals surface area (Å²) >= 11 is 4.84. The van der Waals surface area contributed by atoms with Gasteiger partial charge in [0, 0.05) is 0 Å². The third kappa shape index (κ3) is 3.73. The first-order chi connectivity index (χ1) is 18.5. The molecule has 0 bridgehead atoms. The zero-order chi connectivity index (χ0) is 26.0. The number of hydrogen-bond donors (Lipinski definition) is 0. The number of allylic oxidation sites excluding steroid dienone is 2. The summed E-state index contributed by atoms with van der Waals surface area (Å²) in [6.07, 6.45) is 0. The molecule has 0 N–H and O–H groups in total. The fraction of sp³-hybridized carbons (Fsp3) is 0.143. The Morgan fingerprint density at radius 1 is 0.553 bits per heavy atom. The molecule has 2 aliphatic carbocycles. The summed E-state index contributed by atoms with van der Waals surface area (Å²) in [5.41, 5.74) is 10.8. The molecule has 0 amide bonds. The van der Waals surface area contributed by atoms with Crippen LogP contribution in [0.5, 0.6) is 0 Å². The third-order valence-electron chi connectivity index (χ3n) is 9.52. The maximum absolute atomic E-state index is 2.43. The molecule has 5 aromatic rings. The monoisotopic (exact) mass is 490 g/mol. The molecule has 0 heterocycles. The van der Waals surface area contributed by atoms with Crippen molar-refractivity contribution in [3.8, 4) is 0 Å². The molecule has 0 fully saturated rings. The van der Waals surface area contributed by atoms with E-state index >= 15 is 0 Å². The molecule has 0 nitrogen and oxygen atoms in total. The van der Waals surface area contributed by atoms with E-state index in [2.05, 4.69) is 152 Å². The van der Waals surface area contributed by atoms with Crippen LogP contribution in [0.15, 0.2) is 114 Å². The summed E-state index contributed by atoms with van der Waals surface area (Å²) < 4.78 is 0.921. The molecule has 38 heavy (non-hydrogen) atoms. The number of hydrogen-bond acceptors (Lipinski definition) is 0. The van der Waals surface area contributed by atoms with E-state index in [1.54, 1.807) is 32.7 Å². The first-order valence-corrected chi connectivity index (χ1v) is 16.0. The molecular weight excluding hydrogens is 462 g/mol. The summed E-state index contributed by atoms with van der Waals surface area (Å²) in [5.74, 6) is 0. The zero-order valence-electron chi connectivity index (χ0n) is 22.8. The molecule has 2 atom stereocenters. The average molecular weight is 491 g/mol. The van der Waals surface area contributed by atoms with E-state index in [-0.39, 0.29) is 0 Å². The topological polar surface area (TPSA) is 0 Å². The molecule has 7 rings (SSSR count). The Morgan fingerprint density at radius 2 is 1.00 bits per heavy atom. The van der Waals surface area contributed by atoms with E-state index in [9.17, 15) is 0 Å². The van der Waals surface area contributed by atoms with Crippen LogP contribution in [0, 0.1) is 0 Å². The van der Waals surface area contributed by atoms with E-state index < -0.39 is 8.80 Å². The fourth-order valence-corrected chi connectivity index (χ4v) is 11.7. The Morgan fingerprint density at radius 3 is 1.50 bits per heavy atom. The fourth-order valence-electron chi connectivity index (χ4n) is 7.32. The molecule has 174 valence electrons. The molecule has 3 heteroatoms. The van der Waals surface area contributed by atoms with Gasteiger partial charge >= 0.3 is 247 Å². The Balaban J connectivity index is 1.54. The molecule has 0 aliphatic heterocycles. The van der Waals surface area contributed by atoms with Crippen LogP contribution in [0.1, 0.15) is 50.8 Å². The van der Waals surface area contributed by atoms with E-state index in [4.69, 9.17) is 0 Å². The second-order valence-corrected chi connectivity index (χ2v) is 14.0. The van der Waals surface area contributed by atoms with Gasteiger partial charge in [-0.05, 0) is 0 Å². The molecule has 0 aromatic heterocycles. The molecule has 0 radical (unpaired) electrons. The predicted molar refractivity (Wildman–Crippen MR) is 167 cm³/mol. The van der Waals surface area contributed by atoms with E-state index in [1.165, 1.54) is 38.2 Å². The predicted octanol–water partition coefficient (Wildman–Crippen LogP) is 7.77. The van der Waals surface area contributed by atoms with Crippen LogP contribution in [0.25, 0.3) is 31.9 Å². The zero-order valence-corrected chi connectivity index (χ0v) is 23.9. The van der Waals surface area contributed by atoms with Gasteiger partial charge in [0.05, 0.1) is 0 Å². The van der Waals surface area contributed by atoms with Gasteiger partial charge in [-0.2, -0.15) is 0 Å². The number of benzene rings is 5. The van der Waals surface area contributed by atoms with E-state index in [0.29, 0.717) is 9.18 Å². The van der Waals surface area contributed by atoms with Crippen LogP contribution in [0.2, 0.25) is 0 Å². The summed E-state index contributed by atoms with van der Waals surface area (Å²) in [6, 6.07) is 40.0. The molecule has 0 spiro atoms. The third-order valence-corrected chi connectivity index (χ3v) is 13.3. The second kappa shape index (κ2) is 9.61. The molecule has 5 aromatic carbocycles. The first kappa shape index (κ1) is 24.5. The van der Waals surface area contributed by atoms with Crippen LogP contribution < -0.4 is 0 Å². The standard InChI is InChI=1S/C35H28Si.2Li/c1-23-20-28-18-16-26-12-6-8-14-30(26)32(28)34(23)36(22-25-10-4-3-5-11-25)35-24(2)21-29-19-17-27-13-7-9-15-31(27)33(29)35;;/h3-21,36H,22H2,1-2H3;;. The molecule has 0 saturated heterocycles. The number of fused-ring (bicyclic) bond motifs is 6. The quantitative estimate of drug-likeness (QED) is 0.226. The first-order valence-electron chi connectivity index (χ1n) is 14.0. The molecule has 0 saturated carbocycles. The Bertz CT molecular complexity index is 1680. The van der Waals surface area contributed by atoms with Gasteiger partial charge < -0.3 is 0 Å². The van der Waals surface area contributed by atoms with Crippen LogP contribution >= 0.6 is 0 Å². The van der Waals surface area contributed by atoms with Crippen LogP contribution in [0.3, 0.4) is 0 Å². The Labute approximate surface area is 245 Å². The SMILES string of the molecule is [Li][CH]1C(C)=C([SiH](Cc2ccccc2)C2=C(C)[CH]([Li])c3ccc4ccccc4c32)c2c1ccc1ccccc21. The van der Waals surface area contributed by atoms with Gasteiger partial charge in [0.15, 0.2) is 0 Å². The normalized spacial score (nSPS) is 19.4. The average Bonchev–Trinajstić information content (AvgIpc) is 3.37. The van der Waals surface area contributed by atoms with Crippen molar-refractivity contribution >= 4 is 76.2 Å². The van der Waals surface area contributed by atoms with Crippen molar-refractivity contribution in [3.63, 3.8) is 0 Å². The summed E-state index contributed by atoms with van der Waals surface area (Å²) in [7, 11) is -1.69. The van der Waals surface area contributed by atoms with Crippen LogP contribution in [-0.2, 0) is 6.04 Å². The number of rotatable bonds is 4. The van der Waals surface area contributed by atoms with Crippen molar-refractivity contribution in [3.05, 3.63) is 142 Å². The van der Waals surface area contributed by atoms with Crippen molar-refractivity contribution in [1.82, 2.24) is 0 Å². The minimum absolute atomic E-state index is 0.460. The summed E-state index contributed by atoms with van der Waals surface area (Å²) in [4.78, 5) is 0. The Hall–Kier alpha value is -2.49. The van der Waals surface area contributed by atoms with Gasteiger partial charge in [-0.25, -0.2) is 0 Å². The van der Waals surface area contributed by atoms with Crippen molar-refractivity contribution < 1.29 is 0 Å². The van der Waals surface area contributed by atoms with Gasteiger partial charge in [0.25, 0.3) is 0 Å². The van der Waals surface area contributed by atoms with Crippen LogP contribution in [-0.4, -0.2) is 44.2 Å². The minimum atomic E-state index is -1.69. The van der Waals surface area contributed by atoms with Crippen molar-refractivity contribution in [1.29, 1.82) is 0 Å². The van der Waals surface area contributed by atoms with Gasteiger partial charge in [-0.15, -0.1) is 0 Å². The van der Waals surface area contributed by atoms with Gasteiger partial charge in [0.2, 0.25) is 0 Å². The van der Waals surface area contributed by atoms with E-state index in [0.717, 1.165) is 6.04 Å². The van der Waals surface area contributed by atoms with Gasteiger partial charge in [-0.1, -0.05) is 0 Å². The molecular formula is C35H28Li2Si. The van der Waals surface area contributed by atoms with Crippen molar-refractivity contribution in [2.75, 3.05) is 0 Å².